The monoisotopic (exact) mass is 702 g/mol. The number of nitrogens with zero attached hydrogens (tertiary/aromatic N) is 4. The highest BCUT2D eigenvalue weighted by Crippen LogP contribution is 2.56. The van der Waals surface area contributed by atoms with Gasteiger partial charge in [-0.15, -0.1) is 0 Å². The van der Waals surface area contributed by atoms with Crippen molar-refractivity contribution in [3.8, 4) is 34.0 Å². The van der Waals surface area contributed by atoms with Gasteiger partial charge in [0.1, 0.15) is 0 Å². The van der Waals surface area contributed by atoms with Gasteiger partial charge in [-0.1, -0.05) is 141 Å². The van der Waals surface area contributed by atoms with E-state index in [1.807, 2.05) is 0 Å². The first kappa shape index (κ1) is 30.4. The third-order valence-electron chi connectivity index (χ3n) is 12.1. The van der Waals surface area contributed by atoms with E-state index in [1.165, 1.54) is 65.6 Å². The van der Waals surface area contributed by atoms with E-state index in [9.17, 15) is 0 Å². The number of benzene rings is 8. The number of rotatable bonds is 3. The molecule has 0 bridgehead atoms. The molecule has 11 aromatic rings. The summed E-state index contributed by atoms with van der Waals surface area (Å²) in [6.45, 7) is 4.75. The summed E-state index contributed by atoms with van der Waals surface area (Å²) in [5.41, 5.74) is 13.7. The van der Waals surface area contributed by atoms with E-state index in [2.05, 4.69) is 193 Å². The smallest absolute Gasteiger partial charge is 0.235 e. The van der Waals surface area contributed by atoms with E-state index in [0.717, 1.165) is 38.9 Å². The largest absolute Gasteiger partial charge is 0.309 e. The molecule has 4 nitrogen and oxygen atoms in total. The van der Waals surface area contributed by atoms with Gasteiger partial charge < -0.3 is 4.57 Å². The van der Waals surface area contributed by atoms with Gasteiger partial charge in [-0.25, -0.2) is 9.97 Å². The van der Waals surface area contributed by atoms with E-state index in [-0.39, 0.29) is 5.41 Å². The van der Waals surface area contributed by atoms with Gasteiger partial charge in [0, 0.05) is 49.2 Å². The fourth-order valence-electron chi connectivity index (χ4n) is 9.78. The molecule has 1 aliphatic carbocycles. The summed E-state index contributed by atoms with van der Waals surface area (Å²) < 4.78 is 4.71. The van der Waals surface area contributed by atoms with Crippen LogP contribution in [0.25, 0.3) is 99.3 Å². The third kappa shape index (κ3) is 4.06. The fourth-order valence-corrected chi connectivity index (χ4v) is 9.78. The molecular formula is C51H34N4. The molecule has 1 aliphatic rings. The SMILES string of the molecule is CC1(C)c2ccccc2-c2c1c1ccccc1c1c3ccccc3n(-c3nc(-c4ccc5c(c4)c4ccccc4n5-c4ccccc4)c4ccccc4n3)c21. The van der Waals surface area contributed by atoms with Crippen molar-refractivity contribution in [1.29, 1.82) is 0 Å². The molecule has 55 heavy (non-hydrogen) atoms. The van der Waals surface area contributed by atoms with Crippen molar-refractivity contribution in [2.75, 3.05) is 0 Å². The average Bonchev–Trinajstić information content (AvgIpc) is 3.84. The maximum absolute atomic E-state index is 5.61. The molecule has 0 amide bonds. The first-order chi connectivity index (χ1) is 27.1. The molecule has 0 saturated carbocycles. The van der Waals surface area contributed by atoms with E-state index in [0.29, 0.717) is 5.95 Å². The topological polar surface area (TPSA) is 35.6 Å². The standard InChI is InChI=1S/C51H34N4/c1-51(2)40-24-12-8-21-36(40)46-47(51)35-20-7-6-19-34(35)45-38-23-11-15-27-43(38)55(49(45)46)50-52-41-25-13-9-22-37(41)48(53-50)31-28-29-44-39(30-31)33-18-10-14-26-42(33)54(44)32-16-4-3-5-17-32/h3-30H,1-2H3. The lowest BCUT2D eigenvalue weighted by Crippen LogP contribution is -2.15. The summed E-state index contributed by atoms with van der Waals surface area (Å²) in [5, 5.41) is 8.44. The first-order valence-corrected chi connectivity index (χ1v) is 19.0. The zero-order valence-electron chi connectivity index (χ0n) is 30.5. The van der Waals surface area contributed by atoms with Crippen LogP contribution in [0.4, 0.5) is 0 Å². The van der Waals surface area contributed by atoms with Crippen molar-refractivity contribution in [3.05, 3.63) is 181 Å². The molecule has 12 rings (SSSR count). The normalized spacial score (nSPS) is 13.4. The van der Waals surface area contributed by atoms with Crippen LogP contribution in [0.3, 0.4) is 0 Å². The van der Waals surface area contributed by atoms with E-state index < -0.39 is 0 Å². The molecule has 0 fully saturated rings. The second-order valence-corrected chi connectivity index (χ2v) is 15.4. The van der Waals surface area contributed by atoms with Crippen LogP contribution in [0, 0.1) is 0 Å². The first-order valence-electron chi connectivity index (χ1n) is 19.0. The summed E-state index contributed by atoms with van der Waals surface area (Å²) in [5.74, 6) is 0.673. The van der Waals surface area contributed by atoms with Crippen molar-refractivity contribution in [2.45, 2.75) is 19.3 Å². The molecule has 0 unspecified atom stereocenters. The van der Waals surface area contributed by atoms with Crippen LogP contribution in [0.1, 0.15) is 25.0 Å². The molecular weight excluding hydrogens is 669 g/mol. The quantitative estimate of drug-likeness (QED) is 0.184. The van der Waals surface area contributed by atoms with Crippen molar-refractivity contribution in [2.24, 2.45) is 0 Å². The Labute approximate surface area is 317 Å². The maximum Gasteiger partial charge on any atom is 0.235 e. The van der Waals surface area contributed by atoms with Crippen LogP contribution < -0.4 is 0 Å². The fraction of sp³-hybridized carbons (Fsp3) is 0.0588. The molecule has 4 heteroatoms. The summed E-state index contributed by atoms with van der Waals surface area (Å²) in [6, 6.07) is 61.3. The Hall–Kier alpha value is -7.04. The highest BCUT2D eigenvalue weighted by atomic mass is 15.2. The number of hydrogen-bond acceptors (Lipinski definition) is 2. The molecule has 0 aliphatic heterocycles. The summed E-state index contributed by atoms with van der Waals surface area (Å²) in [6.07, 6.45) is 0. The Balaban J connectivity index is 1.20. The van der Waals surface area contributed by atoms with E-state index in [1.54, 1.807) is 0 Å². The van der Waals surface area contributed by atoms with Crippen LogP contribution in [-0.2, 0) is 5.41 Å². The van der Waals surface area contributed by atoms with Crippen LogP contribution in [0.5, 0.6) is 0 Å². The third-order valence-corrected chi connectivity index (χ3v) is 12.1. The van der Waals surface area contributed by atoms with Gasteiger partial charge in [0.25, 0.3) is 0 Å². The average molecular weight is 703 g/mol. The lowest BCUT2D eigenvalue weighted by atomic mass is 9.79. The molecule has 0 N–H and O–H groups in total. The van der Waals surface area contributed by atoms with Gasteiger partial charge in [-0.05, 0) is 69.9 Å². The van der Waals surface area contributed by atoms with Crippen molar-refractivity contribution < 1.29 is 0 Å². The molecule has 0 spiro atoms. The lowest BCUT2D eigenvalue weighted by molar-refractivity contribution is 0.666. The molecule has 0 radical (unpaired) electrons. The highest BCUT2D eigenvalue weighted by molar-refractivity contribution is 6.27. The molecule has 0 atom stereocenters. The predicted molar refractivity (Wildman–Crippen MR) is 229 cm³/mol. The van der Waals surface area contributed by atoms with Crippen LogP contribution in [0.15, 0.2) is 170 Å². The minimum Gasteiger partial charge on any atom is -0.309 e. The van der Waals surface area contributed by atoms with Crippen molar-refractivity contribution in [3.63, 3.8) is 0 Å². The second kappa shape index (κ2) is 11.0. The summed E-state index contributed by atoms with van der Waals surface area (Å²) in [4.78, 5) is 11.0. The molecule has 3 heterocycles. The maximum atomic E-state index is 5.61. The lowest BCUT2D eigenvalue weighted by Gasteiger charge is -2.23. The van der Waals surface area contributed by atoms with Gasteiger partial charge in [-0.2, -0.15) is 0 Å². The van der Waals surface area contributed by atoms with Gasteiger partial charge >= 0.3 is 0 Å². The van der Waals surface area contributed by atoms with Gasteiger partial charge in [0.05, 0.1) is 33.3 Å². The van der Waals surface area contributed by atoms with E-state index >= 15 is 0 Å². The van der Waals surface area contributed by atoms with Gasteiger partial charge in [-0.3, -0.25) is 4.57 Å². The highest BCUT2D eigenvalue weighted by Gasteiger charge is 2.40. The zero-order valence-corrected chi connectivity index (χ0v) is 30.5. The van der Waals surface area contributed by atoms with Crippen LogP contribution in [0.2, 0.25) is 0 Å². The molecule has 3 aromatic heterocycles. The Morgan fingerprint density at radius 3 is 1.91 bits per heavy atom. The Bertz CT molecular complexity index is 3400. The molecule has 258 valence electrons. The van der Waals surface area contributed by atoms with Crippen molar-refractivity contribution in [1.82, 2.24) is 19.1 Å². The minimum atomic E-state index is -0.190. The summed E-state index contributed by atoms with van der Waals surface area (Å²) in [7, 11) is 0. The number of hydrogen-bond donors (Lipinski definition) is 0. The molecule has 8 aromatic carbocycles. The predicted octanol–water partition coefficient (Wildman–Crippen LogP) is 13.0. The minimum absolute atomic E-state index is 0.190. The van der Waals surface area contributed by atoms with Crippen molar-refractivity contribution >= 4 is 65.3 Å². The Morgan fingerprint density at radius 2 is 1.09 bits per heavy atom. The van der Waals surface area contributed by atoms with Crippen LogP contribution >= 0.6 is 0 Å². The van der Waals surface area contributed by atoms with E-state index in [4.69, 9.17) is 9.97 Å². The number of para-hydroxylation sites is 4. The van der Waals surface area contributed by atoms with Crippen LogP contribution in [-0.4, -0.2) is 19.1 Å². The Morgan fingerprint density at radius 1 is 0.473 bits per heavy atom. The van der Waals surface area contributed by atoms with Gasteiger partial charge in [0.15, 0.2) is 0 Å². The van der Waals surface area contributed by atoms with Gasteiger partial charge in [0.2, 0.25) is 5.95 Å². The number of aromatic nitrogens is 4. The Kier molecular flexibility index (Phi) is 6.09. The molecule has 0 saturated heterocycles. The zero-order chi connectivity index (χ0) is 36.4. The second-order valence-electron chi connectivity index (χ2n) is 15.4. The summed E-state index contributed by atoms with van der Waals surface area (Å²) >= 11 is 0. The number of fused-ring (bicyclic) bond motifs is 14.